The van der Waals surface area contributed by atoms with E-state index < -0.39 is 34.5 Å². The summed E-state index contributed by atoms with van der Waals surface area (Å²) in [5, 5.41) is 14.5. The molecule has 0 saturated heterocycles. The summed E-state index contributed by atoms with van der Waals surface area (Å²) >= 11 is 0. The van der Waals surface area contributed by atoms with Gasteiger partial charge < -0.3 is 10.2 Å². The van der Waals surface area contributed by atoms with E-state index >= 15 is 0 Å². The third kappa shape index (κ3) is 5.81. The minimum Gasteiger partial charge on any atom is -0.331 e. The third-order valence-electron chi connectivity index (χ3n) is 1.15. The van der Waals surface area contributed by atoms with E-state index in [0.717, 1.165) is 0 Å². The molecule has 0 aliphatic rings. The molecule has 19 heavy (non-hydrogen) atoms. The molecule has 4 N–H and O–H groups in total. The summed E-state index contributed by atoms with van der Waals surface area (Å²) in [5.74, 6) is -13.6. The topological polar surface area (TPSA) is 115 Å². The van der Waals surface area contributed by atoms with Crippen LogP contribution in [0.25, 0.3) is 0 Å². The maximum absolute atomic E-state index is 11.8. The molecule has 6 nitrogen and oxygen atoms in total. The first kappa shape index (κ1) is 20.5. The Bertz CT molecular complexity index is 360. The van der Waals surface area contributed by atoms with Gasteiger partial charge in [0.05, 0.1) is 0 Å². The van der Waals surface area contributed by atoms with Crippen molar-refractivity contribution in [2.75, 3.05) is 0 Å². The van der Waals surface area contributed by atoms with Crippen molar-refractivity contribution >= 4 is 10.4 Å². The number of aliphatic hydroxyl groups is 2. The lowest BCUT2D eigenvalue weighted by Crippen LogP contribution is -2.62. The molecule has 0 aliphatic heterocycles. The minimum atomic E-state index is -6.79. The van der Waals surface area contributed by atoms with Gasteiger partial charge in [-0.05, 0) is 0 Å². The van der Waals surface area contributed by atoms with Gasteiger partial charge in [0.1, 0.15) is 0 Å². The van der Waals surface area contributed by atoms with Crippen LogP contribution in [0.3, 0.4) is 0 Å². The molecule has 0 aliphatic carbocycles. The Morgan fingerprint density at radius 3 is 0.789 bits per heavy atom. The molecule has 0 rings (SSSR count). The van der Waals surface area contributed by atoms with Crippen LogP contribution in [0.15, 0.2) is 0 Å². The highest BCUT2D eigenvalue weighted by Gasteiger charge is 2.81. The lowest BCUT2D eigenvalue weighted by Gasteiger charge is -2.31. The first-order valence-electron chi connectivity index (χ1n) is 3.41. The summed E-state index contributed by atoms with van der Waals surface area (Å²) in [7, 11) is -4.67. The van der Waals surface area contributed by atoms with Crippen LogP contribution in [0.1, 0.15) is 0 Å². The van der Waals surface area contributed by atoms with Gasteiger partial charge in [-0.25, -0.2) is 0 Å². The van der Waals surface area contributed by atoms with Gasteiger partial charge >= 0.3 is 34.5 Å². The number of halogens is 8. The van der Waals surface area contributed by atoms with Crippen molar-refractivity contribution in [2.45, 2.75) is 24.1 Å². The van der Waals surface area contributed by atoms with Crippen molar-refractivity contribution in [3.63, 3.8) is 0 Å². The minimum absolute atomic E-state index is 4.67. The molecule has 0 saturated carbocycles. The van der Waals surface area contributed by atoms with E-state index in [4.69, 9.17) is 27.7 Å². The van der Waals surface area contributed by atoms with Crippen LogP contribution in [0.4, 0.5) is 35.1 Å². The molecule has 0 radical (unpaired) electrons. The summed E-state index contributed by atoms with van der Waals surface area (Å²) in [5.41, 5.74) is 0. The van der Waals surface area contributed by atoms with Crippen LogP contribution in [-0.2, 0) is 10.4 Å². The lowest BCUT2D eigenvalue weighted by molar-refractivity contribution is -0.449. The standard InChI is InChI=1S/C4H2F8O2.H2O4S/c5-1(6,3(9,10)13)2(7,8)4(11,12)14;1-5(2,3)4/h13-14H;(H2,1,2,3,4). The molecule has 0 unspecified atom stereocenters. The summed E-state index contributed by atoms with van der Waals surface area (Å²) in [6.07, 6.45) is -12.8. The Morgan fingerprint density at radius 1 is 0.632 bits per heavy atom. The van der Waals surface area contributed by atoms with Gasteiger partial charge in [0.2, 0.25) is 0 Å². The number of alkyl halides is 8. The number of hydrogen-bond donors (Lipinski definition) is 4. The van der Waals surface area contributed by atoms with Gasteiger partial charge in [-0.3, -0.25) is 9.11 Å². The molecule has 0 aromatic carbocycles. The quantitative estimate of drug-likeness (QED) is 0.448. The largest absolute Gasteiger partial charge is 0.423 e. The Hall–Kier alpha value is -0.770. The predicted octanol–water partition coefficient (Wildman–Crippen LogP) is 0.774. The van der Waals surface area contributed by atoms with Crippen molar-refractivity contribution in [3.05, 3.63) is 0 Å². The molecule has 0 amide bonds. The van der Waals surface area contributed by atoms with Crippen LogP contribution in [0.2, 0.25) is 0 Å². The molecule has 0 heterocycles. The normalized spacial score (nSPS) is 14.7. The molecule has 15 heteroatoms. The maximum Gasteiger partial charge on any atom is 0.423 e. The molecule has 0 fully saturated rings. The average Bonchev–Trinajstić information content (AvgIpc) is 1.95. The molecular weight excluding hydrogens is 328 g/mol. The van der Waals surface area contributed by atoms with E-state index in [9.17, 15) is 35.1 Å². The monoisotopic (exact) mass is 332 g/mol. The zero-order valence-corrected chi connectivity index (χ0v) is 8.85. The number of hydrogen-bond acceptors (Lipinski definition) is 4. The number of rotatable bonds is 3. The van der Waals surface area contributed by atoms with Crippen LogP contribution < -0.4 is 0 Å². The fourth-order valence-electron chi connectivity index (χ4n) is 0.378. The van der Waals surface area contributed by atoms with Crippen LogP contribution in [0, 0.1) is 0 Å². The molecule has 0 aromatic rings. The Balaban J connectivity index is 0. The van der Waals surface area contributed by atoms with Crippen molar-refractivity contribution in [2.24, 2.45) is 0 Å². The van der Waals surface area contributed by atoms with Crippen LogP contribution >= 0.6 is 0 Å². The molecule has 0 atom stereocenters. The molecular formula is C4H4F8O6S. The predicted molar refractivity (Wildman–Crippen MR) is 38.4 cm³/mol. The second-order valence-corrected chi connectivity index (χ2v) is 3.57. The van der Waals surface area contributed by atoms with Crippen molar-refractivity contribution < 1.29 is 62.9 Å². The van der Waals surface area contributed by atoms with Gasteiger partial charge in [-0.15, -0.1) is 0 Å². The van der Waals surface area contributed by atoms with Crippen LogP contribution in [-0.4, -0.2) is 51.8 Å². The maximum atomic E-state index is 11.8. The summed E-state index contributed by atoms with van der Waals surface area (Å²) in [6.45, 7) is 0. The molecule has 0 spiro atoms. The second-order valence-electron chi connectivity index (χ2n) is 2.68. The lowest BCUT2D eigenvalue weighted by atomic mass is 10.1. The van der Waals surface area contributed by atoms with Crippen LogP contribution in [0.5, 0.6) is 0 Å². The van der Waals surface area contributed by atoms with E-state index in [1.165, 1.54) is 0 Å². The van der Waals surface area contributed by atoms with Crippen molar-refractivity contribution in [1.29, 1.82) is 0 Å². The Morgan fingerprint density at radius 2 is 0.737 bits per heavy atom. The average molecular weight is 332 g/mol. The SMILES string of the molecule is O=S(=O)(O)O.OC(F)(F)C(F)(F)C(F)(F)C(O)(F)F. The third-order valence-corrected chi connectivity index (χ3v) is 1.15. The first-order valence-corrected chi connectivity index (χ1v) is 4.80. The Kier molecular flexibility index (Phi) is 5.74. The summed E-state index contributed by atoms with van der Waals surface area (Å²) < 4.78 is 124. The van der Waals surface area contributed by atoms with E-state index in [-0.39, 0.29) is 0 Å². The molecule has 0 aromatic heterocycles. The van der Waals surface area contributed by atoms with E-state index in [1.54, 1.807) is 0 Å². The zero-order valence-electron chi connectivity index (χ0n) is 8.04. The molecule has 118 valence electrons. The molecule has 0 bridgehead atoms. The fourth-order valence-corrected chi connectivity index (χ4v) is 0.378. The highest BCUT2D eigenvalue weighted by Crippen LogP contribution is 2.50. The summed E-state index contributed by atoms with van der Waals surface area (Å²) in [6, 6.07) is 0. The van der Waals surface area contributed by atoms with Gasteiger partial charge in [0.25, 0.3) is 0 Å². The van der Waals surface area contributed by atoms with E-state index in [1.807, 2.05) is 0 Å². The van der Waals surface area contributed by atoms with E-state index in [2.05, 4.69) is 0 Å². The smallest absolute Gasteiger partial charge is 0.331 e. The zero-order chi connectivity index (χ0) is 16.5. The highest BCUT2D eigenvalue weighted by atomic mass is 32.3. The van der Waals surface area contributed by atoms with E-state index in [0.29, 0.717) is 0 Å². The van der Waals surface area contributed by atoms with Gasteiger partial charge in [0, 0.05) is 0 Å². The first-order chi connectivity index (χ1) is 7.75. The van der Waals surface area contributed by atoms with Gasteiger partial charge in [0.15, 0.2) is 0 Å². The Labute approximate surface area is 98.4 Å². The second kappa shape index (κ2) is 5.31. The summed E-state index contributed by atoms with van der Waals surface area (Å²) in [4.78, 5) is 0. The van der Waals surface area contributed by atoms with Gasteiger partial charge in [-0.2, -0.15) is 43.5 Å². The highest BCUT2D eigenvalue weighted by molar-refractivity contribution is 7.79. The van der Waals surface area contributed by atoms with Crippen molar-refractivity contribution in [3.8, 4) is 0 Å². The fraction of sp³-hybridized carbons (Fsp3) is 1.00. The van der Waals surface area contributed by atoms with Gasteiger partial charge in [-0.1, -0.05) is 0 Å². The van der Waals surface area contributed by atoms with Crippen molar-refractivity contribution in [1.82, 2.24) is 0 Å².